The van der Waals surface area contributed by atoms with E-state index < -0.39 is 6.08 Å². The Kier molecular flexibility index (Phi) is 2.63. The van der Waals surface area contributed by atoms with Gasteiger partial charge < -0.3 is 0 Å². The van der Waals surface area contributed by atoms with E-state index in [4.69, 9.17) is 0 Å². The number of aromatic nitrogens is 5. The zero-order valence-electron chi connectivity index (χ0n) is 8.18. The molecule has 0 atom stereocenters. The van der Waals surface area contributed by atoms with Gasteiger partial charge in [0.2, 0.25) is 0 Å². The molecule has 2 heterocycles. The van der Waals surface area contributed by atoms with E-state index in [2.05, 4.69) is 20.1 Å². The summed E-state index contributed by atoms with van der Waals surface area (Å²) in [4.78, 5) is 11.2. The molecule has 0 radical (unpaired) electrons. The highest BCUT2D eigenvalue weighted by molar-refractivity contribution is 7.99. The first-order chi connectivity index (χ1) is 7.15. The van der Waals surface area contributed by atoms with Gasteiger partial charge in [-0.05, 0) is 24.8 Å². The highest BCUT2D eigenvalue weighted by Gasteiger charge is 2.07. The third-order valence-electron chi connectivity index (χ3n) is 1.67. The van der Waals surface area contributed by atoms with Crippen LogP contribution in [0.4, 0.5) is 4.39 Å². The molecule has 0 saturated carbocycles. The minimum atomic E-state index is -0.723. The first-order valence-corrected chi connectivity index (χ1v) is 5.00. The van der Waals surface area contributed by atoms with Gasteiger partial charge in [0.05, 0.1) is 0 Å². The third kappa shape index (κ3) is 2.30. The van der Waals surface area contributed by atoms with Crippen LogP contribution in [0.25, 0.3) is 0 Å². The summed E-state index contributed by atoms with van der Waals surface area (Å²) >= 11 is 1.25. The van der Waals surface area contributed by atoms with Crippen LogP contribution in [-0.2, 0) is 7.05 Å². The minimum absolute atomic E-state index is 0.524. The molecule has 0 aliphatic rings. The highest BCUT2D eigenvalue weighted by atomic mass is 32.2. The third-order valence-corrected chi connectivity index (χ3v) is 2.64. The summed E-state index contributed by atoms with van der Waals surface area (Å²) in [6, 6.07) is 1.70. The summed E-state index contributed by atoms with van der Waals surface area (Å²) < 4.78 is 14.5. The average Bonchev–Trinajstić information content (AvgIpc) is 2.50. The Morgan fingerprint density at radius 1 is 1.40 bits per heavy atom. The van der Waals surface area contributed by atoms with Crippen molar-refractivity contribution in [3.8, 4) is 0 Å². The lowest BCUT2D eigenvalue weighted by atomic mass is 10.5. The van der Waals surface area contributed by atoms with Crippen LogP contribution in [0.15, 0.2) is 22.6 Å². The molecule has 0 aliphatic heterocycles. The van der Waals surface area contributed by atoms with Crippen LogP contribution < -0.4 is 0 Å². The van der Waals surface area contributed by atoms with E-state index in [1.54, 1.807) is 24.7 Å². The zero-order chi connectivity index (χ0) is 10.8. The summed E-state index contributed by atoms with van der Waals surface area (Å²) in [5.74, 6) is 0. The fourth-order valence-corrected chi connectivity index (χ4v) is 1.85. The summed E-state index contributed by atoms with van der Waals surface area (Å²) in [6.45, 7) is 1.71. The first kappa shape index (κ1) is 10.0. The topological polar surface area (TPSA) is 56.5 Å². The Bertz CT molecular complexity index is 463. The predicted molar refractivity (Wildman–Crippen MR) is 51.9 cm³/mol. The number of hydrogen-bond acceptors (Lipinski definition) is 5. The van der Waals surface area contributed by atoms with Crippen LogP contribution in [0.2, 0.25) is 0 Å². The number of aryl methyl sites for hydroxylation is 2. The monoisotopic (exact) mass is 225 g/mol. The van der Waals surface area contributed by atoms with Crippen LogP contribution in [0, 0.1) is 13.0 Å². The van der Waals surface area contributed by atoms with E-state index in [9.17, 15) is 4.39 Å². The lowest BCUT2D eigenvalue weighted by molar-refractivity contribution is 0.522. The van der Waals surface area contributed by atoms with Crippen molar-refractivity contribution in [3.63, 3.8) is 0 Å². The molecule has 0 fully saturated rings. The highest BCUT2D eigenvalue weighted by Crippen LogP contribution is 2.23. The fraction of sp³-hybridized carbons (Fsp3) is 0.250. The molecule has 0 spiro atoms. The SMILES string of the molecule is Cc1cc(Sc2ncnn2C)nc(F)n1. The average molecular weight is 225 g/mol. The molecule has 7 heteroatoms. The Hall–Kier alpha value is -1.50. The smallest absolute Gasteiger partial charge is 0.244 e. The van der Waals surface area contributed by atoms with E-state index in [1.807, 2.05) is 0 Å². The molecule has 2 rings (SSSR count). The van der Waals surface area contributed by atoms with Crippen molar-refractivity contribution in [1.29, 1.82) is 0 Å². The van der Waals surface area contributed by atoms with E-state index in [-0.39, 0.29) is 0 Å². The van der Waals surface area contributed by atoms with E-state index >= 15 is 0 Å². The van der Waals surface area contributed by atoms with Crippen molar-refractivity contribution < 1.29 is 4.39 Å². The molecule has 0 aromatic carbocycles. The van der Waals surface area contributed by atoms with Crippen molar-refractivity contribution in [1.82, 2.24) is 24.7 Å². The van der Waals surface area contributed by atoms with Crippen molar-refractivity contribution in [2.24, 2.45) is 7.05 Å². The second kappa shape index (κ2) is 3.93. The molecule has 0 amide bonds. The number of hydrogen-bond donors (Lipinski definition) is 0. The van der Waals surface area contributed by atoms with Crippen LogP contribution in [0.5, 0.6) is 0 Å². The maximum absolute atomic E-state index is 12.9. The Morgan fingerprint density at radius 2 is 2.20 bits per heavy atom. The van der Waals surface area contributed by atoms with Crippen LogP contribution in [-0.4, -0.2) is 24.7 Å². The number of nitrogens with zero attached hydrogens (tertiary/aromatic N) is 5. The standard InChI is InChI=1S/C8H8FN5S/c1-5-3-6(13-7(9)12-5)15-8-10-4-11-14(8)2/h3-4H,1-2H3. The Balaban J connectivity index is 2.28. The zero-order valence-corrected chi connectivity index (χ0v) is 8.99. The maximum atomic E-state index is 12.9. The Morgan fingerprint density at radius 3 is 2.80 bits per heavy atom. The molecule has 15 heavy (non-hydrogen) atoms. The summed E-state index contributed by atoms with van der Waals surface area (Å²) in [5.41, 5.74) is 0.590. The van der Waals surface area contributed by atoms with Crippen molar-refractivity contribution >= 4 is 11.8 Å². The maximum Gasteiger partial charge on any atom is 0.309 e. The van der Waals surface area contributed by atoms with Crippen molar-refractivity contribution in [3.05, 3.63) is 24.2 Å². The van der Waals surface area contributed by atoms with Gasteiger partial charge in [-0.3, -0.25) is 0 Å². The summed E-state index contributed by atoms with van der Waals surface area (Å²) in [7, 11) is 1.76. The molecular formula is C8H8FN5S. The molecule has 0 N–H and O–H groups in total. The fourth-order valence-electron chi connectivity index (χ4n) is 1.03. The lowest BCUT2D eigenvalue weighted by Gasteiger charge is -2.00. The summed E-state index contributed by atoms with van der Waals surface area (Å²) in [6.07, 6.45) is 0.715. The van der Waals surface area contributed by atoms with Gasteiger partial charge in [-0.15, -0.1) is 0 Å². The largest absolute Gasteiger partial charge is 0.309 e. The van der Waals surface area contributed by atoms with Crippen molar-refractivity contribution in [2.45, 2.75) is 17.1 Å². The van der Waals surface area contributed by atoms with Gasteiger partial charge in [-0.2, -0.15) is 14.5 Å². The molecule has 0 saturated heterocycles. The molecule has 2 aromatic heterocycles. The van der Waals surface area contributed by atoms with E-state index in [0.717, 1.165) is 0 Å². The molecule has 0 aliphatic carbocycles. The van der Waals surface area contributed by atoms with Gasteiger partial charge >= 0.3 is 6.08 Å². The molecule has 2 aromatic rings. The molecule has 0 unspecified atom stereocenters. The molecule has 78 valence electrons. The van der Waals surface area contributed by atoms with Gasteiger partial charge in [0, 0.05) is 12.7 Å². The minimum Gasteiger partial charge on any atom is -0.244 e. The Labute approximate surface area is 89.8 Å². The van der Waals surface area contributed by atoms with Gasteiger partial charge in [0.25, 0.3) is 0 Å². The van der Waals surface area contributed by atoms with Gasteiger partial charge in [-0.25, -0.2) is 14.6 Å². The second-order valence-corrected chi connectivity index (χ2v) is 3.87. The molecule has 5 nitrogen and oxygen atoms in total. The van der Waals surface area contributed by atoms with E-state index in [1.165, 1.54) is 18.1 Å². The number of rotatable bonds is 2. The molecule has 0 bridgehead atoms. The van der Waals surface area contributed by atoms with Gasteiger partial charge in [-0.1, -0.05) is 0 Å². The summed E-state index contributed by atoms with van der Waals surface area (Å²) in [5, 5.41) is 5.09. The first-order valence-electron chi connectivity index (χ1n) is 4.18. The van der Waals surface area contributed by atoms with Crippen LogP contribution in [0.1, 0.15) is 5.69 Å². The second-order valence-electron chi connectivity index (χ2n) is 2.88. The van der Waals surface area contributed by atoms with Crippen LogP contribution in [0.3, 0.4) is 0 Å². The van der Waals surface area contributed by atoms with Crippen molar-refractivity contribution in [2.75, 3.05) is 0 Å². The number of halogens is 1. The lowest BCUT2D eigenvalue weighted by Crippen LogP contribution is -1.96. The van der Waals surface area contributed by atoms with Gasteiger partial charge in [0.15, 0.2) is 5.16 Å². The van der Waals surface area contributed by atoms with Gasteiger partial charge in [0.1, 0.15) is 11.4 Å². The molecular weight excluding hydrogens is 217 g/mol. The quantitative estimate of drug-likeness (QED) is 0.568. The predicted octanol–water partition coefficient (Wildman–Crippen LogP) is 1.20. The van der Waals surface area contributed by atoms with E-state index in [0.29, 0.717) is 15.9 Å². The van der Waals surface area contributed by atoms with Crippen LogP contribution >= 0.6 is 11.8 Å². The normalized spacial score (nSPS) is 10.6.